The molecule has 1 amide bonds. The van der Waals surface area contributed by atoms with Crippen molar-refractivity contribution < 1.29 is 23.7 Å². The predicted octanol–water partition coefficient (Wildman–Crippen LogP) is 4.48. The first-order chi connectivity index (χ1) is 14.6. The number of hydrogen-bond donors (Lipinski definition) is 1. The van der Waals surface area contributed by atoms with Crippen molar-refractivity contribution in [2.75, 3.05) is 32.2 Å². The second kappa shape index (κ2) is 10.8. The van der Waals surface area contributed by atoms with E-state index in [1.165, 1.54) is 0 Å². The molecule has 30 heavy (non-hydrogen) atoms. The van der Waals surface area contributed by atoms with Crippen LogP contribution in [0.25, 0.3) is 0 Å². The summed E-state index contributed by atoms with van der Waals surface area (Å²) in [6, 6.07) is 22.3. The minimum Gasteiger partial charge on any atom is -0.493 e. The summed E-state index contributed by atoms with van der Waals surface area (Å²) >= 11 is 0. The molecule has 0 radical (unpaired) electrons. The SMILES string of the molecule is COc1cc(C)ccc1OCC(=O)Nc1ccc(OCCOc2ccccc2)cc1. The molecule has 0 aromatic heterocycles. The molecule has 0 heterocycles. The van der Waals surface area contributed by atoms with E-state index in [0.717, 1.165) is 11.3 Å². The maximum atomic E-state index is 12.2. The summed E-state index contributed by atoms with van der Waals surface area (Å²) < 4.78 is 22.1. The Bertz CT molecular complexity index is 942. The number of carbonyl (C=O) groups excluding carboxylic acids is 1. The van der Waals surface area contributed by atoms with E-state index in [1.807, 2.05) is 49.4 Å². The van der Waals surface area contributed by atoms with Gasteiger partial charge in [0.1, 0.15) is 24.7 Å². The Kier molecular flexibility index (Phi) is 7.55. The van der Waals surface area contributed by atoms with E-state index in [9.17, 15) is 4.79 Å². The van der Waals surface area contributed by atoms with E-state index in [1.54, 1.807) is 37.4 Å². The van der Waals surface area contributed by atoms with E-state index in [2.05, 4.69) is 5.32 Å². The highest BCUT2D eigenvalue weighted by molar-refractivity contribution is 5.91. The molecule has 3 rings (SSSR count). The van der Waals surface area contributed by atoms with Crippen LogP contribution in [0.1, 0.15) is 5.56 Å². The van der Waals surface area contributed by atoms with Crippen molar-refractivity contribution in [2.45, 2.75) is 6.92 Å². The van der Waals surface area contributed by atoms with Crippen LogP contribution >= 0.6 is 0 Å². The van der Waals surface area contributed by atoms with Crippen LogP contribution in [0.4, 0.5) is 5.69 Å². The molecule has 0 saturated carbocycles. The van der Waals surface area contributed by atoms with Crippen LogP contribution < -0.4 is 24.3 Å². The molecule has 0 fully saturated rings. The molecule has 6 nitrogen and oxygen atoms in total. The van der Waals surface area contributed by atoms with Gasteiger partial charge in [0, 0.05) is 5.69 Å². The van der Waals surface area contributed by atoms with Gasteiger partial charge in [-0.05, 0) is 61.0 Å². The molecule has 3 aromatic carbocycles. The molecule has 0 aliphatic heterocycles. The van der Waals surface area contributed by atoms with Gasteiger partial charge in [-0.1, -0.05) is 24.3 Å². The molecular weight excluding hydrogens is 382 g/mol. The zero-order valence-corrected chi connectivity index (χ0v) is 17.1. The number of benzene rings is 3. The molecule has 0 atom stereocenters. The van der Waals surface area contributed by atoms with Crippen LogP contribution in [0.5, 0.6) is 23.0 Å². The summed E-state index contributed by atoms with van der Waals surface area (Å²) in [7, 11) is 1.57. The molecule has 0 bridgehead atoms. The summed E-state index contributed by atoms with van der Waals surface area (Å²) in [6.07, 6.45) is 0. The number of aryl methyl sites for hydroxylation is 1. The van der Waals surface area contributed by atoms with E-state index in [-0.39, 0.29) is 12.5 Å². The lowest BCUT2D eigenvalue weighted by molar-refractivity contribution is -0.118. The van der Waals surface area contributed by atoms with E-state index >= 15 is 0 Å². The summed E-state index contributed by atoms with van der Waals surface area (Å²) in [6.45, 7) is 2.71. The number of rotatable bonds is 10. The second-order valence-electron chi connectivity index (χ2n) is 6.53. The van der Waals surface area contributed by atoms with Crippen molar-refractivity contribution in [2.24, 2.45) is 0 Å². The van der Waals surface area contributed by atoms with Gasteiger partial charge in [0.2, 0.25) is 0 Å². The summed E-state index contributed by atoms with van der Waals surface area (Å²) in [4.78, 5) is 12.2. The Morgan fingerprint density at radius 1 is 0.800 bits per heavy atom. The third-order valence-electron chi connectivity index (χ3n) is 4.18. The number of para-hydroxylation sites is 1. The first kappa shape index (κ1) is 21.0. The number of hydrogen-bond acceptors (Lipinski definition) is 5. The van der Waals surface area contributed by atoms with Gasteiger partial charge >= 0.3 is 0 Å². The van der Waals surface area contributed by atoms with Crippen molar-refractivity contribution in [3.8, 4) is 23.0 Å². The van der Waals surface area contributed by atoms with Crippen LogP contribution in [0, 0.1) is 6.92 Å². The van der Waals surface area contributed by atoms with Crippen molar-refractivity contribution in [1.82, 2.24) is 0 Å². The Morgan fingerprint density at radius 2 is 1.47 bits per heavy atom. The van der Waals surface area contributed by atoms with Crippen molar-refractivity contribution in [1.29, 1.82) is 0 Å². The fourth-order valence-electron chi connectivity index (χ4n) is 2.70. The minimum atomic E-state index is -0.262. The maximum Gasteiger partial charge on any atom is 0.262 e. The lowest BCUT2D eigenvalue weighted by Crippen LogP contribution is -2.20. The van der Waals surface area contributed by atoms with Crippen molar-refractivity contribution >= 4 is 11.6 Å². The summed E-state index contributed by atoms with van der Waals surface area (Å²) in [5, 5.41) is 2.79. The molecule has 3 aromatic rings. The first-order valence-electron chi connectivity index (χ1n) is 9.62. The Hall–Kier alpha value is -3.67. The lowest BCUT2D eigenvalue weighted by Gasteiger charge is -2.12. The molecule has 0 unspecified atom stereocenters. The number of amides is 1. The fourth-order valence-corrected chi connectivity index (χ4v) is 2.70. The van der Waals surface area contributed by atoms with Gasteiger partial charge in [0.25, 0.3) is 5.91 Å². The molecule has 1 N–H and O–H groups in total. The van der Waals surface area contributed by atoms with Crippen LogP contribution in [0.3, 0.4) is 0 Å². The molecule has 156 valence electrons. The number of anilines is 1. The third-order valence-corrected chi connectivity index (χ3v) is 4.18. The third kappa shape index (κ3) is 6.44. The average Bonchev–Trinajstić information content (AvgIpc) is 2.77. The standard InChI is InChI=1S/C24H25NO5/c1-18-8-13-22(23(16-18)27-2)30-17-24(26)25-19-9-11-21(12-10-19)29-15-14-28-20-6-4-3-5-7-20/h3-13,16H,14-15,17H2,1-2H3,(H,25,26). The Morgan fingerprint density at radius 3 is 2.13 bits per heavy atom. The molecular formula is C24H25NO5. The van der Waals surface area contributed by atoms with E-state index in [0.29, 0.717) is 36.1 Å². The Balaban J connectivity index is 1.41. The van der Waals surface area contributed by atoms with Crippen molar-refractivity contribution in [3.63, 3.8) is 0 Å². The minimum absolute atomic E-state index is 0.117. The largest absolute Gasteiger partial charge is 0.493 e. The van der Waals surface area contributed by atoms with Gasteiger partial charge in [-0.25, -0.2) is 0 Å². The van der Waals surface area contributed by atoms with E-state index in [4.69, 9.17) is 18.9 Å². The monoisotopic (exact) mass is 407 g/mol. The van der Waals surface area contributed by atoms with Crippen LogP contribution in [0.2, 0.25) is 0 Å². The molecule has 0 spiro atoms. The fraction of sp³-hybridized carbons (Fsp3) is 0.208. The number of methoxy groups -OCH3 is 1. The smallest absolute Gasteiger partial charge is 0.262 e. The lowest BCUT2D eigenvalue weighted by atomic mass is 10.2. The second-order valence-corrected chi connectivity index (χ2v) is 6.53. The van der Waals surface area contributed by atoms with Crippen molar-refractivity contribution in [3.05, 3.63) is 78.4 Å². The van der Waals surface area contributed by atoms with Gasteiger partial charge in [-0.15, -0.1) is 0 Å². The van der Waals surface area contributed by atoms with E-state index < -0.39 is 0 Å². The maximum absolute atomic E-state index is 12.2. The number of carbonyl (C=O) groups is 1. The van der Waals surface area contributed by atoms with Gasteiger partial charge in [0.15, 0.2) is 18.1 Å². The molecule has 0 aliphatic carbocycles. The number of nitrogens with one attached hydrogen (secondary N) is 1. The molecule has 0 saturated heterocycles. The summed E-state index contributed by atoms with van der Waals surface area (Å²) in [5.41, 5.74) is 1.71. The Labute approximate surface area is 176 Å². The summed E-state index contributed by atoms with van der Waals surface area (Å²) in [5.74, 6) is 2.37. The molecule has 0 aliphatic rings. The predicted molar refractivity (Wildman–Crippen MR) is 116 cm³/mol. The van der Waals surface area contributed by atoms with Crippen LogP contribution in [-0.2, 0) is 4.79 Å². The van der Waals surface area contributed by atoms with Gasteiger partial charge in [-0.2, -0.15) is 0 Å². The highest BCUT2D eigenvalue weighted by Crippen LogP contribution is 2.27. The average molecular weight is 407 g/mol. The van der Waals surface area contributed by atoms with Crippen LogP contribution in [-0.4, -0.2) is 32.8 Å². The quantitative estimate of drug-likeness (QED) is 0.502. The first-order valence-corrected chi connectivity index (χ1v) is 9.62. The van der Waals surface area contributed by atoms with Crippen LogP contribution in [0.15, 0.2) is 72.8 Å². The highest BCUT2D eigenvalue weighted by Gasteiger charge is 2.08. The topological polar surface area (TPSA) is 66.0 Å². The molecule has 6 heteroatoms. The highest BCUT2D eigenvalue weighted by atomic mass is 16.5. The zero-order valence-electron chi connectivity index (χ0n) is 17.1. The number of ether oxygens (including phenoxy) is 4. The van der Waals surface area contributed by atoms with Gasteiger partial charge in [-0.3, -0.25) is 4.79 Å². The van der Waals surface area contributed by atoms with Gasteiger partial charge in [0.05, 0.1) is 7.11 Å². The normalized spacial score (nSPS) is 10.2. The zero-order chi connectivity index (χ0) is 21.2. The van der Waals surface area contributed by atoms with Gasteiger partial charge < -0.3 is 24.3 Å².